The Morgan fingerprint density at radius 3 is 1.24 bits per heavy atom. The topological polar surface area (TPSA) is 186 Å². The molecule has 0 aromatic rings. The number of rotatable bonds is 8. The van der Waals surface area contributed by atoms with Crippen molar-refractivity contribution in [3.05, 3.63) is 0 Å². The first-order chi connectivity index (χ1) is 9.67. The first-order valence-electron chi connectivity index (χ1n) is 5.22. The van der Waals surface area contributed by atoms with Gasteiger partial charge in [-0.15, -0.1) is 0 Å². The molecule has 0 radical (unpaired) electrons. The lowest BCUT2D eigenvalue weighted by molar-refractivity contribution is -0.198. The van der Waals surface area contributed by atoms with Crippen LogP contribution in [0.2, 0.25) is 0 Å². The largest absolute Gasteiger partial charge is 0.509 e. The van der Waals surface area contributed by atoms with Gasteiger partial charge in [-0.3, -0.25) is 0 Å². The molecule has 12 nitrogen and oxygen atoms in total. The summed E-state index contributed by atoms with van der Waals surface area (Å²) in [6.45, 7) is -1.30. The van der Waals surface area contributed by atoms with Crippen molar-refractivity contribution < 1.29 is 58.6 Å². The van der Waals surface area contributed by atoms with Crippen molar-refractivity contribution in [3.8, 4) is 0 Å². The van der Waals surface area contributed by atoms with Crippen LogP contribution in [0, 0.1) is 0 Å². The fourth-order valence-electron chi connectivity index (χ4n) is 1.26. The molecule has 21 heavy (non-hydrogen) atoms. The van der Waals surface area contributed by atoms with Gasteiger partial charge in [0, 0.05) is 0 Å². The van der Waals surface area contributed by atoms with Crippen LogP contribution in [0.15, 0.2) is 0 Å². The van der Waals surface area contributed by atoms with Gasteiger partial charge in [0.2, 0.25) is 0 Å². The minimum Gasteiger partial charge on any atom is -0.450 e. The van der Waals surface area contributed by atoms with Gasteiger partial charge in [0.1, 0.15) is 13.2 Å². The van der Waals surface area contributed by atoms with Crippen LogP contribution in [0.4, 0.5) is 19.2 Å². The van der Waals surface area contributed by atoms with Gasteiger partial charge in [0.15, 0.2) is 0 Å². The third kappa shape index (κ3) is 8.74. The van der Waals surface area contributed by atoms with Crippen molar-refractivity contribution in [2.75, 3.05) is 13.2 Å². The van der Waals surface area contributed by atoms with Gasteiger partial charge in [-0.25, -0.2) is 19.2 Å². The summed E-state index contributed by atoms with van der Waals surface area (Å²) in [6.07, 6.45) is -8.45. The molecule has 0 aliphatic rings. The van der Waals surface area contributed by atoms with E-state index in [1.165, 1.54) is 0 Å². The molecule has 0 aliphatic carbocycles. The molecule has 0 atom stereocenters. The van der Waals surface area contributed by atoms with Gasteiger partial charge < -0.3 is 39.4 Å². The van der Waals surface area contributed by atoms with Crippen LogP contribution in [0.1, 0.15) is 12.8 Å². The smallest absolute Gasteiger partial charge is 0.450 e. The lowest BCUT2D eigenvalue weighted by Gasteiger charge is -2.29. The molecule has 0 heterocycles. The molecule has 12 heteroatoms. The standard InChI is InChI=1S/C9H12O12/c10-5(11)18-3-1-9(20-7(14)15,21-8(16)17)2-4-19-6(12)13/h1-4H2,(H,10,11)(H,12,13)(H,14,15)(H,16,17). The molecule has 0 fully saturated rings. The number of hydrogen-bond donors (Lipinski definition) is 4. The van der Waals surface area contributed by atoms with Crippen LogP contribution < -0.4 is 0 Å². The number of hydrogen-bond acceptors (Lipinski definition) is 8. The second-order valence-electron chi connectivity index (χ2n) is 3.38. The van der Waals surface area contributed by atoms with Gasteiger partial charge in [-0.2, -0.15) is 0 Å². The van der Waals surface area contributed by atoms with Crippen LogP contribution >= 0.6 is 0 Å². The number of carboxylic acid groups (broad SMARTS) is 4. The summed E-state index contributed by atoms with van der Waals surface area (Å²) in [7, 11) is 0. The molecule has 0 aromatic carbocycles. The van der Waals surface area contributed by atoms with Crippen molar-refractivity contribution in [1.82, 2.24) is 0 Å². The number of carbonyl (C=O) groups is 4. The average Bonchev–Trinajstić information content (AvgIpc) is 2.25. The normalized spacial score (nSPS) is 10.3. The predicted octanol–water partition coefficient (Wildman–Crippen LogP) is 1.24. The molecule has 0 saturated carbocycles. The van der Waals surface area contributed by atoms with E-state index in [1.807, 2.05) is 0 Å². The third-order valence-corrected chi connectivity index (χ3v) is 1.96. The fourth-order valence-corrected chi connectivity index (χ4v) is 1.26. The molecule has 0 rings (SSSR count). The second-order valence-corrected chi connectivity index (χ2v) is 3.38. The predicted molar refractivity (Wildman–Crippen MR) is 58.1 cm³/mol. The quantitative estimate of drug-likeness (QED) is 0.285. The monoisotopic (exact) mass is 312 g/mol. The van der Waals surface area contributed by atoms with Gasteiger partial charge in [0.25, 0.3) is 5.79 Å². The zero-order chi connectivity index (χ0) is 16.5. The van der Waals surface area contributed by atoms with Gasteiger partial charge in [-0.05, 0) is 0 Å². The maximum atomic E-state index is 10.6. The maximum Gasteiger partial charge on any atom is 0.509 e. The van der Waals surface area contributed by atoms with Crippen molar-refractivity contribution >= 4 is 24.6 Å². The lowest BCUT2D eigenvalue weighted by Crippen LogP contribution is -2.42. The van der Waals surface area contributed by atoms with Crippen molar-refractivity contribution in [1.29, 1.82) is 0 Å². The highest BCUT2D eigenvalue weighted by atomic mass is 16.8. The van der Waals surface area contributed by atoms with E-state index < -0.39 is 56.5 Å². The third-order valence-electron chi connectivity index (χ3n) is 1.96. The molecule has 0 aromatic heterocycles. The van der Waals surface area contributed by atoms with E-state index in [1.54, 1.807) is 0 Å². The molecule has 0 bridgehead atoms. The zero-order valence-electron chi connectivity index (χ0n) is 10.4. The van der Waals surface area contributed by atoms with E-state index in [9.17, 15) is 19.2 Å². The SMILES string of the molecule is O=C(O)OCCC(CCOC(=O)O)(OC(=O)O)OC(=O)O. The molecule has 0 spiro atoms. The number of ether oxygens (including phenoxy) is 4. The van der Waals surface area contributed by atoms with Crippen molar-refractivity contribution in [2.45, 2.75) is 18.6 Å². The Labute approximate surface area is 116 Å². The Morgan fingerprint density at radius 1 is 0.667 bits per heavy atom. The van der Waals surface area contributed by atoms with Crippen LogP contribution in [0.25, 0.3) is 0 Å². The summed E-state index contributed by atoms with van der Waals surface area (Å²) >= 11 is 0. The Morgan fingerprint density at radius 2 is 1.00 bits per heavy atom. The highest BCUT2D eigenvalue weighted by molar-refractivity contribution is 5.60. The molecule has 120 valence electrons. The van der Waals surface area contributed by atoms with Crippen molar-refractivity contribution in [2.24, 2.45) is 0 Å². The first-order valence-corrected chi connectivity index (χ1v) is 5.22. The lowest BCUT2D eigenvalue weighted by atomic mass is 10.1. The minimum absolute atomic E-state index is 0.624. The van der Waals surface area contributed by atoms with Gasteiger partial charge in [0.05, 0.1) is 12.8 Å². The summed E-state index contributed by atoms with van der Waals surface area (Å²) in [5.74, 6) is -2.36. The average molecular weight is 312 g/mol. The van der Waals surface area contributed by atoms with E-state index in [0.717, 1.165) is 0 Å². The summed E-state index contributed by atoms with van der Waals surface area (Å²) in [6, 6.07) is 0. The molecule has 0 saturated heterocycles. The molecular formula is C9H12O12. The second kappa shape index (κ2) is 8.29. The maximum absolute atomic E-state index is 10.6. The van der Waals surface area contributed by atoms with E-state index in [2.05, 4.69) is 18.9 Å². The van der Waals surface area contributed by atoms with E-state index in [-0.39, 0.29) is 0 Å². The Hall–Kier alpha value is -2.92. The van der Waals surface area contributed by atoms with Crippen LogP contribution in [0.5, 0.6) is 0 Å². The zero-order valence-corrected chi connectivity index (χ0v) is 10.4. The summed E-state index contributed by atoms with van der Waals surface area (Å²) < 4.78 is 16.8. The molecular weight excluding hydrogens is 300 g/mol. The van der Waals surface area contributed by atoms with Crippen LogP contribution in [-0.4, -0.2) is 64.0 Å². The van der Waals surface area contributed by atoms with E-state index >= 15 is 0 Å². The van der Waals surface area contributed by atoms with E-state index in [0.29, 0.717) is 0 Å². The van der Waals surface area contributed by atoms with Gasteiger partial charge in [-0.1, -0.05) is 0 Å². The molecule has 0 unspecified atom stereocenters. The summed E-state index contributed by atoms with van der Waals surface area (Å²) in [4.78, 5) is 41.6. The van der Waals surface area contributed by atoms with Crippen molar-refractivity contribution in [3.63, 3.8) is 0 Å². The molecule has 0 aliphatic heterocycles. The van der Waals surface area contributed by atoms with Gasteiger partial charge >= 0.3 is 24.6 Å². The van der Waals surface area contributed by atoms with Crippen LogP contribution in [-0.2, 0) is 18.9 Å². The Bertz CT molecular complexity index is 364. The highest BCUT2D eigenvalue weighted by Gasteiger charge is 2.39. The summed E-state index contributed by atoms with van der Waals surface area (Å²) in [5, 5.41) is 33.7. The molecule has 4 N–H and O–H groups in total. The van der Waals surface area contributed by atoms with E-state index in [4.69, 9.17) is 20.4 Å². The first kappa shape index (κ1) is 18.1. The molecule has 0 amide bonds. The van der Waals surface area contributed by atoms with Crippen LogP contribution in [0.3, 0.4) is 0 Å². The highest BCUT2D eigenvalue weighted by Crippen LogP contribution is 2.24. The summed E-state index contributed by atoms with van der Waals surface area (Å²) in [5.41, 5.74) is 0. The minimum atomic E-state index is -2.36. The Balaban J connectivity index is 4.91. The Kier molecular flexibility index (Phi) is 7.14. The fraction of sp³-hybridized carbons (Fsp3) is 0.556.